The molecule has 134 valence electrons. The van der Waals surface area contributed by atoms with E-state index in [-0.39, 0.29) is 18.5 Å². The van der Waals surface area contributed by atoms with E-state index in [0.717, 1.165) is 11.3 Å². The van der Waals surface area contributed by atoms with Crippen molar-refractivity contribution < 1.29 is 13.7 Å². The predicted molar refractivity (Wildman–Crippen MR) is 94.9 cm³/mol. The first-order valence-corrected chi connectivity index (χ1v) is 8.59. The summed E-state index contributed by atoms with van der Waals surface area (Å²) in [5, 5.41) is 4.04. The normalized spacial score (nSPS) is 16.3. The van der Waals surface area contributed by atoms with Crippen LogP contribution in [0.2, 0.25) is 0 Å². The Morgan fingerprint density at radius 3 is 2.70 bits per heavy atom. The van der Waals surface area contributed by atoms with Crippen molar-refractivity contribution in [3.63, 3.8) is 0 Å². The molecule has 0 N–H and O–H groups in total. The third-order valence-electron chi connectivity index (χ3n) is 4.64. The van der Waals surface area contributed by atoms with Crippen LogP contribution in [0.15, 0.2) is 65.4 Å². The highest BCUT2D eigenvalue weighted by Crippen LogP contribution is 2.32. The van der Waals surface area contributed by atoms with Crippen LogP contribution < -0.4 is 0 Å². The molecule has 0 bridgehead atoms. The summed E-state index contributed by atoms with van der Waals surface area (Å²) in [7, 11) is 0. The average Bonchev–Trinajstić information content (AvgIpc) is 3.35. The van der Waals surface area contributed by atoms with E-state index in [1.54, 1.807) is 24.5 Å². The van der Waals surface area contributed by atoms with E-state index in [1.807, 2.05) is 34.9 Å². The number of fused-ring (bicyclic) bond motifs is 1. The van der Waals surface area contributed by atoms with Gasteiger partial charge in [0, 0.05) is 11.1 Å². The smallest absolute Gasteiger partial charge is 0.278 e. The highest BCUT2D eigenvalue weighted by molar-refractivity contribution is 5.58. The molecule has 0 saturated carbocycles. The first-order valence-electron chi connectivity index (χ1n) is 8.59. The lowest BCUT2D eigenvalue weighted by Gasteiger charge is -2.25. The van der Waals surface area contributed by atoms with Gasteiger partial charge in [0.25, 0.3) is 5.89 Å². The molecule has 0 fully saturated rings. The number of nitrogens with zero attached hydrogens (tertiary/aromatic N) is 4. The van der Waals surface area contributed by atoms with Gasteiger partial charge in [-0.05, 0) is 6.07 Å². The summed E-state index contributed by atoms with van der Waals surface area (Å²) >= 11 is 0. The molecule has 0 radical (unpaired) electrons. The second-order valence-corrected chi connectivity index (χ2v) is 6.30. The lowest BCUT2D eigenvalue weighted by Crippen LogP contribution is -2.21. The van der Waals surface area contributed by atoms with E-state index < -0.39 is 0 Å². The molecule has 5 rings (SSSR count). The van der Waals surface area contributed by atoms with Gasteiger partial charge >= 0.3 is 0 Å². The van der Waals surface area contributed by atoms with Gasteiger partial charge in [-0.3, -0.25) is 0 Å². The van der Waals surface area contributed by atoms with E-state index in [1.165, 1.54) is 6.07 Å². The number of imidazole rings is 1. The zero-order valence-electron chi connectivity index (χ0n) is 14.2. The molecule has 1 aliphatic rings. The highest BCUT2D eigenvalue weighted by Gasteiger charge is 2.27. The maximum atomic E-state index is 14.0. The van der Waals surface area contributed by atoms with E-state index in [0.29, 0.717) is 29.5 Å². The summed E-state index contributed by atoms with van der Waals surface area (Å²) in [5.74, 6) is 0.583. The maximum absolute atomic E-state index is 14.0. The summed E-state index contributed by atoms with van der Waals surface area (Å²) < 4.78 is 27.3. The zero-order valence-corrected chi connectivity index (χ0v) is 14.2. The van der Waals surface area contributed by atoms with Gasteiger partial charge in [0.15, 0.2) is 5.69 Å². The highest BCUT2D eigenvalue weighted by atomic mass is 19.1. The summed E-state index contributed by atoms with van der Waals surface area (Å²) in [6.45, 7) is 0.764. The molecule has 7 heteroatoms. The monoisotopic (exact) mass is 362 g/mol. The number of benzene rings is 2. The molecule has 1 unspecified atom stereocenters. The van der Waals surface area contributed by atoms with Gasteiger partial charge in [0.1, 0.15) is 11.9 Å². The van der Waals surface area contributed by atoms with E-state index >= 15 is 0 Å². The van der Waals surface area contributed by atoms with Crippen molar-refractivity contribution in [1.82, 2.24) is 19.7 Å². The number of halogens is 1. The third-order valence-corrected chi connectivity index (χ3v) is 4.64. The molecule has 2 aromatic carbocycles. The van der Waals surface area contributed by atoms with Crippen molar-refractivity contribution in [2.45, 2.75) is 19.3 Å². The Labute approximate surface area is 154 Å². The van der Waals surface area contributed by atoms with Crippen molar-refractivity contribution in [2.75, 3.05) is 0 Å². The molecule has 27 heavy (non-hydrogen) atoms. The molecular formula is C20H15FN4O2. The molecule has 0 amide bonds. The molecule has 0 saturated heterocycles. The minimum atomic E-state index is -0.358. The Morgan fingerprint density at radius 2 is 1.85 bits per heavy atom. The minimum absolute atomic E-state index is 0.268. The SMILES string of the molecule is Fc1ccccc1C1Cn2cnc(-c3nc(-c4ccccc4)no3)c2CO1. The van der Waals surface area contributed by atoms with Crippen molar-refractivity contribution in [3.05, 3.63) is 78.0 Å². The standard InChI is InChI=1S/C20H15FN4O2/c21-15-9-5-4-8-14(15)17-10-25-12-22-18(16(25)11-26-17)20-23-19(24-27-20)13-6-2-1-3-7-13/h1-9,12,17H,10-11H2. The van der Waals surface area contributed by atoms with Gasteiger partial charge in [-0.15, -0.1) is 0 Å². The van der Waals surface area contributed by atoms with Gasteiger partial charge in [-0.2, -0.15) is 4.98 Å². The predicted octanol–water partition coefficient (Wildman–Crippen LogP) is 4.01. The molecule has 0 aliphatic carbocycles. The lowest BCUT2D eigenvalue weighted by molar-refractivity contribution is 0.00126. The van der Waals surface area contributed by atoms with Crippen molar-refractivity contribution in [3.8, 4) is 23.0 Å². The topological polar surface area (TPSA) is 66.0 Å². The van der Waals surface area contributed by atoms with Crippen LogP contribution in [0.3, 0.4) is 0 Å². The van der Waals surface area contributed by atoms with Crippen LogP contribution >= 0.6 is 0 Å². The maximum Gasteiger partial charge on any atom is 0.278 e. The van der Waals surface area contributed by atoms with Gasteiger partial charge in [0.2, 0.25) is 5.82 Å². The Hall–Kier alpha value is -3.32. The molecule has 4 aromatic rings. The number of hydrogen-bond donors (Lipinski definition) is 0. The molecule has 6 nitrogen and oxygen atoms in total. The summed E-state index contributed by atoms with van der Waals surface area (Å²) in [4.78, 5) is 8.87. The van der Waals surface area contributed by atoms with Crippen LogP contribution in [-0.4, -0.2) is 19.7 Å². The van der Waals surface area contributed by atoms with Gasteiger partial charge in [-0.1, -0.05) is 53.7 Å². The van der Waals surface area contributed by atoms with Crippen LogP contribution in [0.4, 0.5) is 4.39 Å². The van der Waals surface area contributed by atoms with Gasteiger partial charge in [0.05, 0.1) is 25.2 Å². The largest absolute Gasteiger partial charge is 0.365 e. The fourth-order valence-corrected chi connectivity index (χ4v) is 3.25. The fourth-order valence-electron chi connectivity index (χ4n) is 3.25. The summed E-state index contributed by atoms with van der Waals surface area (Å²) in [6, 6.07) is 16.3. The van der Waals surface area contributed by atoms with E-state index in [9.17, 15) is 4.39 Å². The van der Waals surface area contributed by atoms with Crippen molar-refractivity contribution in [1.29, 1.82) is 0 Å². The van der Waals surface area contributed by atoms with Crippen molar-refractivity contribution in [2.24, 2.45) is 0 Å². The zero-order chi connectivity index (χ0) is 18.2. The van der Waals surface area contributed by atoms with E-state index in [2.05, 4.69) is 15.1 Å². The number of rotatable bonds is 3. The molecule has 0 spiro atoms. The first-order chi connectivity index (χ1) is 13.3. The number of ether oxygens (including phenoxy) is 1. The second kappa shape index (κ2) is 6.44. The number of aromatic nitrogens is 4. The number of hydrogen-bond acceptors (Lipinski definition) is 5. The Morgan fingerprint density at radius 1 is 1.04 bits per heavy atom. The summed E-state index contributed by atoms with van der Waals surface area (Å²) in [6.07, 6.45) is 1.34. The van der Waals surface area contributed by atoms with Crippen molar-refractivity contribution >= 4 is 0 Å². The van der Waals surface area contributed by atoms with Crippen LogP contribution in [-0.2, 0) is 17.9 Å². The molecule has 1 aliphatic heterocycles. The Kier molecular flexibility index (Phi) is 3.79. The molecule has 2 aromatic heterocycles. The quantitative estimate of drug-likeness (QED) is 0.551. The lowest BCUT2D eigenvalue weighted by atomic mass is 10.1. The Balaban J connectivity index is 1.44. The molecule has 3 heterocycles. The van der Waals surface area contributed by atoms with Crippen LogP contribution in [0.5, 0.6) is 0 Å². The van der Waals surface area contributed by atoms with Gasteiger partial charge in [-0.25, -0.2) is 9.37 Å². The van der Waals surface area contributed by atoms with Crippen LogP contribution in [0, 0.1) is 5.82 Å². The summed E-state index contributed by atoms with van der Waals surface area (Å²) in [5.41, 5.74) is 2.85. The molecular weight excluding hydrogens is 347 g/mol. The van der Waals surface area contributed by atoms with Crippen LogP contribution in [0.1, 0.15) is 17.4 Å². The fraction of sp³-hybridized carbons (Fsp3) is 0.150. The van der Waals surface area contributed by atoms with Crippen LogP contribution in [0.25, 0.3) is 23.0 Å². The third kappa shape index (κ3) is 2.82. The Bertz CT molecular complexity index is 1090. The first kappa shape index (κ1) is 15.9. The van der Waals surface area contributed by atoms with E-state index in [4.69, 9.17) is 9.26 Å². The second-order valence-electron chi connectivity index (χ2n) is 6.30. The minimum Gasteiger partial charge on any atom is -0.365 e. The average molecular weight is 362 g/mol. The molecule has 1 atom stereocenters. The van der Waals surface area contributed by atoms with Gasteiger partial charge < -0.3 is 13.8 Å².